The zero-order valence-corrected chi connectivity index (χ0v) is 15.2. The van der Waals surface area contributed by atoms with E-state index in [1.165, 1.54) is 17.3 Å². The van der Waals surface area contributed by atoms with Crippen LogP contribution in [0.1, 0.15) is 5.56 Å². The van der Waals surface area contributed by atoms with Gasteiger partial charge in [0, 0.05) is 29.7 Å². The molecule has 130 valence electrons. The minimum absolute atomic E-state index is 0.230. The second-order valence-electron chi connectivity index (χ2n) is 5.55. The molecule has 1 unspecified atom stereocenters. The number of rotatable bonds is 8. The summed E-state index contributed by atoms with van der Waals surface area (Å²) in [6.07, 6.45) is 3.15. The van der Waals surface area contributed by atoms with Crippen LogP contribution in [-0.4, -0.2) is 33.1 Å². The number of ether oxygens (including phenoxy) is 1. The summed E-state index contributed by atoms with van der Waals surface area (Å²) in [7, 11) is 0. The van der Waals surface area contributed by atoms with Gasteiger partial charge in [-0.2, -0.15) is 0 Å². The van der Waals surface area contributed by atoms with Crippen LogP contribution in [0.3, 0.4) is 0 Å². The number of hydrogen-bond acceptors (Lipinski definition) is 4. The van der Waals surface area contributed by atoms with Gasteiger partial charge in [0.2, 0.25) is 0 Å². The lowest BCUT2D eigenvalue weighted by molar-refractivity contribution is 0.126. The van der Waals surface area contributed by atoms with Crippen LogP contribution in [0.2, 0.25) is 5.02 Å². The topological polar surface area (TPSA) is 47.3 Å². The van der Waals surface area contributed by atoms with Crippen molar-refractivity contribution in [2.45, 2.75) is 17.8 Å². The Labute approximate surface area is 156 Å². The third kappa shape index (κ3) is 5.53. The van der Waals surface area contributed by atoms with Crippen molar-refractivity contribution in [1.29, 1.82) is 0 Å². The largest absolute Gasteiger partial charge is 0.491 e. The third-order valence-electron chi connectivity index (χ3n) is 3.53. The molecule has 0 aliphatic heterocycles. The van der Waals surface area contributed by atoms with Gasteiger partial charge in [-0.25, -0.2) is 4.98 Å². The molecular weight excluding hydrogens is 356 g/mol. The van der Waals surface area contributed by atoms with E-state index in [2.05, 4.69) is 21.7 Å². The predicted octanol–water partition coefficient (Wildman–Crippen LogP) is 4.12. The van der Waals surface area contributed by atoms with E-state index in [1.54, 1.807) is 30.5 Å². The fourth-order valence-corrected chi connectivity index (χ4v) is 3.27. The highest BCUT2D eigenvalue weighted by Crippen LogP contribution is 2.19. The van der Waals surface area contributed by atoms with Crippen LogP contribution in [-0.2, 0) is 6.54 Å². The van der Waals surface area contributed by atoms with Crippen LogP contribution in [0.4, 0.5) is 0 Å². The van der Waals surface area contributed by atoms with Crippen molar-refractivity contribution in [3.8, 4) is 5.75 Å². The van der Waals surface area contributed by atoms with Crippen molar-refractivity contribution in [3.63, 3.8) is 0 Å². The number of benzene rings is 2. The molecule has 0 saturated carbocycles. The Morgan fingerprint density at radius 3 is 2.64 bits per heavy atom. The first kappa shape index (κ1) is 17.9. The standard InChI is InChI=1S/C19H19ClN2O2S/c20-16-6-8-18(9-7-16)24-13-17(23)14-25-19-21-10-11-22(19)12-15-4-2-1-3-5-15/h1-11,17,23H,12-14H2. The highest BCUT2D eigenvalue weighted by atomic mass is 35.5. The summed E-state index contributed by atoms with van der Waals surface area (Å²) in [5, 5.41) is 11.7. The van der Waals surface area contributed by atoms with Crippen LogP contribution < -0.4 is 4.74 Å². The van der Waals surface area contributed by atoms with Gasteiger partial charge in [-0.15, -0.1) is 0 Å². The molecule has 2 aromatic carbocycles. The molecule has 1 N–H and O–H groups in total. The van der Waals surface area contributed by atoms with Crippen molar-refractivity contribution in [3.05, 3.63) is 77.6 Å². The Bertz CT molecular complexity index is 778. The van der Waals surface area contributed by atoms with Gasteiger partial charge in [0.05, 0.1) is 6.10 Å². The first-order valence-corrected chi connectivity index (χ1v) is 9.31. The number of aliphatic hydroxyl groups is 1. The number of thioether (sulfide) groups is 1. The average molecular weight is 375 g/mol. The first-order valence-electron chi connectivity index (χ1n) is 7.95. The number of hydrogen-bond donors (Lipinski definition) is 1. The van der Waals surface area contributed by atoms with Crippen molar-refractivity contribution in [1.82, 2.24) is 9.55 Å². The molecule has 3 rings (SSSR count). The lowest BCUT2D eigenvalue weighted by Gasteiger charge is -2.13. The Hall–Kier alpha value is -1.95. The summed E-state index contributed by atoms with van der Waals surface area (Å²) in [4.78, 5) is 4.37. The van der Waals surface area contributed by atoms with Crippen molar-refractivity contribution < 1.29 is 9.84 Å². The Balaban J connectivity index is 1.48. The van der Waals surface area contributed by atoms with Gasteiger partial charge >= 0.3 is 0 Å². The Kier molecular flexibility index (Phi) is 6.39. The molecule has 6 heteroatoms. The summed E-state index contributed by atoms with van der Waals surface area (Å²) in [5.41, 5.74) is 1.22. The van der Waals surface area contributed by atoms with Gasteiger partial charge < -0.3 is 14.4 Å². The highest BCUT2D eigenvalue weighted by molar-refractivity contribution is 7.99. The zero-order chi connectivity index (χ0) is 17.5. The van der Waals surface area contributed by atoms with Crippen LogP contribution in [0.15, 0.2) is 72.1 Å². The van der Waals surface area contributed by atoms with E-state index < -0.39 is 6.10 Å². The number of imidazole rings is 1. The number of aromatic nitrogens is 2. The fourth-order valence-electron chi connectivity index (χ4n) is 2.28. The van der Waals surface area contributed by atoms with Crippen LogP contribution in [0.5, 0.6) is 5.75 Å². The normalized spacial score (nSPS) is 12.1. The van der Waals surface area contributed by atoms with Crippen molar-refractivity contribution >= 4 is 23.4 Å². The third-order valence-corrected chi connectivity index (χ3v) is 4.94. The van der Waals surface area contributed by atoms with Gasteiger partial charge in [-0.1, -0.05) is 53.7 Å². The van der Waals surface area contributed by atoms with Gasteiger partial charge in [-0.05, 0) is 29.8 Å². The molecule has 4 nitrogen and oxygen atoms in total. The van der Waals surface area contributed by atoms with Crippen LogP contribution in [0, 0.1) is 0 Å². The van der Waals surface area contributed by atoms with Crippen molar-refractivity contribution in [2.75, 3.05) is 12.4 Å². The molecule has 0 radical (unpaired) electrons. The second-order valence-corrected chi connectivity index (χ2v) is 6.98. The van der Waals surface area contributed by atoms with Gasteiger partial charge in [0.1, 0.15) is 12.4 Å². The quantitative estimate of drug-likeness (QED) is 0.602. The van der Waals surface area contributed by atoms with E-state index in [4.69, 9.17) is 16.3 Å². The molecule has 1 atom stereocenters. The molecule has 25 heavy (non-hydrogen) atoms. The Morgan fingerprint density at radius 1 is 1.12 bits per heavy atom. The number of nitrogens with zero attached hydrogens (tertiary/aromatic N) is 2. The van der Waals surface area contributed by atoms with E-state index in [9.17, 15) is 5.11 Å². The summed E-state index contributed by atoms with van der Waals surface area (Å²) in [5.74, 6) is 1.21. The minimum atomic E-state index is -0.581. The fraction of sp³-hybridized carbons (Fsp3) is 0.211. The summed E-state index contributed by atoms with van der Waals surface area (Å²) < 4.78 is 7.65. The zero-order valence-electron chi connectivity index (χ0n) is 13.6. The van der Waals surface area contributed by atoms with E-state index in [1.807, 2.05) is 24.4 Å². The molecule has 1 aromatic heterocycles. The molecule has 0 fully saturated rings. The van der Waals surface area contributed by atoms with E-state index >= 15 is 0 Å². The van der Waals surface area contributed by atoms with E-state index in [-0.39, 0.29) is 6.61 Å². The molecular formula is C19H19ClN2O2S. The maximum atomic E-state index is 10.1. The summed E-state index contributed by atoms with van der Waals surface area (Å²) >= 11 is 7.36. The Morgan fingerprint density at radius 2 is 1.88 bits per heavy atom. The van der Waals surface area contributed by atoms with E-state index in [0.717, 1.165) is 11.7 Å². The molecule has 1 heterocycles. The summed E-state index contributed by atoms with van der Waals surface area (Å²) in [6.45, 7) is 0.995. The lowest BCUT2D eigenvalue weighted by atomic mass is 10.2. The molecule has 3 aromatic rings. The van der Waals surface area contributed by atoms with Crippen LogP contribution >= 0.6 is 23.4 Å². The number of aliphatic hydroxyl groups excluding tert-OH is 1. The molecule has 0 aliphatic rings. The van der Waals surface area contributed by atoms with E-state index in [0.29, 0.717) is 16.5 Å². The maximum Gasteiger partial charge on any atom is 0.168 e. The lowest BCUT2D eigenvalue weighted by Crippen LogP contribution is -2.20. The minimum Gasteiger partial charge on any atom is -0.491 e. The molecule has 0 amide bonds. The molecule has 0 aliphatic carbocycles. The van der Waals surface area contributed by atoms with Crippen LogP contribution in [0.25, 0.3) is 0 Å². The van der Waals surface area contributed by atoms with Gasteiger partial charge in [0.25, 0.3) is 0 Å². The molecule has 0 saturated heterocycles. The average Bonchev–Trinajstić information content (AvgIpc) is 3.07. The van der Waals surface area contributed by atoms with Gasteiger partial charge in [0.15, 0.2) is 5.16 Å². The predicted molar refractivity (Wildman–Crippen MR) is 101 cm³/mol. The second kappa shape index (κ2) is 8.94. The molecule has 0 spiro atoms. The SMILES string of the molecule is OC(COc1ccc(Cl)cc1)CSc1nccn1Cc1ccccc1. The number of halogens is 1. The molecule has 0 bridgehead atoms. The maximum absolute atomic E-state index is 10.1. The smallest absolute Gasteiger partial charge is 0.168 e. The first-order chi connectivity index (χ1) is 12.2. The highest BCUT2D eigenvalue weighted by Gasteiger charge is 2.10. The van der Waals surface area contributed by atoms with Crippen molar-refractivity contribution in [2.24, 2.45) is 0 Å². The summed E-state index contributed by atoms with van der Waals surface area (Å²) in [6, 6.07) is 17.3. The monoisotopic (exact) mass is 374 g/mol. The van der Waals surface area contributed by atoms with Gasteiger partial charge in [-0.3, -0.25) is 0 Å².